The highest BCUT2D eigenvalue weighted by molar-refractivity contribution is 5.91. The second-order valence-corrected chi connectivity index (χ2v) is 6.85. The van der Waals surface area contributed by atoms with Crippen molar-refractivity contribution >= 4 is 11.7 Å². The van der Waals surface area contributed by atoms with E-state index in [0.717, 1.165) is 37.2 Å². The summed E-state index contributed by atoms with van der Waals surface area (Å²) in [4.78, 5) is 18.4. The predicted octanol–water partition coefficient (Wildman–Crippen LogP) is 2.65. The fourth-order valence-electron chi connectivity index (χ4n) is 3.43. The summed E-state index contributed by atoms with van der Waals surface area (Å²) in [7, 11) is 1.71. The van der Waals surface area contributed by atoms with Gasteiger partial charge in [0.05, 0.1) is 23.5 Å². The molecule has 0 atom stereocenters. The molecular formula is C18H25N5O2. The number of benzene rings is 1. The molecule has 0 saturated heterocycles. The van der Waals surface area contributed by atoms with Crippen LogP contribution in [0, 0.1) is 13.8 Å². The van der Waals surface area contributed by atoms with Crippen molar-refractivity contribution < 1.29 is 9.90 Å². The quantitative estimate of drug-likeness (QED) is 0.894. The number of aromatic nitrogens is 3. The Morgan fingerprint density at radius 1 is 1.32 bits per heavy atom. The van der Waals surface area contributed by atoms with E-state index >= 15 is 0 Å². The molecule has 0 radical (unpaired) electrons. The SMILES string of the molecule is Cc1nc(C)n(-c2ccccc2NC(=O)N(C)CC2(O)CCCC2)n1. The summed E-state index contributed by atoms with van der Waals surface area (Å²) in [6, 6.07) is 7.24. The fraction of sp³-hybridized carbons (Fsp3) is 0.500. The number of aliphatic hydroxyl groups is 1. The van der Waals surface area contributed by atoms with Crippen molar-refractivity contribution in [3.63, 3.8) is 0 Å². The average molecular weight is 343 g/mol. The molecule has 3 rings (SSSR count). The largest absolute Gasteiger partial charge is 0.388 e. The molecule has 1 heterocycles. The summed E-state index contributed by atoms with van der Waals surface area (Å²) in [5.41, 5.74) is 0.665. The Labute approximate surface area is 147 Å². The number of hydrogen-bond acceptors (Lipinski definition) is 4. The topological polar surface area (TPSA) is 83.3 Å². The van der Waals surface area contributed by atoms with Crippen molar-refractivity contribution in [3.8, 4) is 5.69 Å². The molecule has 25 heavy (non-hydrogen) atoms. The lowest BCUT2D eigenvalue weighted by Crippen LogP contribution is -2.43. The van der Waals surface area contributed by atoms with Crippen LogP contribution in [0.3, 0.4) is 0 Å². The number of urea groups is 1. The number of hydrogen-bond donors (Lipinski definition) is 2. The van der Waals surface area contributed by atoms with E-state index in [1.807, 2.05) is 38.1 Å². The zero-order valence-electron chi connectivity index (χ0n) is 15.0. The van der Waals surface area contributed by atoms with E-state index in [1.165, 1.54) is 0 Å². The number of nitrogens with zero attached hydrogens (tertiary/aromatic N) is 4. The number of carbonyl (C=O) groups is 1. The first-order valence-corrected chi connectivity index (χ1v) is 8.62. The Bertz CT molecular complexity index is 765. The van der Waals surface area contributed by atoms with Crippen LogP contribution in [0.1, 0.15) is 37.3 Å². The highest BCUT2D eigenvalue weighted by atomic mass is 16.3. The third-order valence-corrected chi connectivity index (χ3v) is 4.66. The van der Waals surface area contributed by atoms with E-state index < -0.39 is 5.60 Å². The number of likely N-dealkylation sites (N-methyl/N-ethyl adjacent to an activating group) is 1. The van der Waals surface area contributed by atoms with Gasteiger partial charge in [-0.3, -0.25) is 0 Å². The van der Waals surface area contributed by atoms with Crippen molar-refractivity contribution in [2.75, 3.05) is 18.9 Å². The maximum absolute atomic E-state index is 12.6. The number of rotatable bonds is 4. The highest BCUT2D eigenvalue weighted by Crippen LogP contribution is 2.30. The van der Waals surface area contributed by atoms with Crippen LogP contribution < -0.4 is 5.32 Å². The number of carbonyl (C=O) groups excluding carboxylic acids is 1. The molecule has 2 aromatic rings. The summed E-state index contributed by atoms with van der Waals surface area (Å²) in [5, 5.41) is 17.8. The fourth-order valence-corrected chi connectivity index (χ4v) is 3.43. The van der Waals surface area contributed by atoms with E-state index in [2.05, 4.69) is 15.4 Å². The molecule has 1 aromatic carbocycles. The van der Waals surface area contributed by atoms with Crippen molar-refractivity contribution in [1.29, 1.82) is 0 Å². The first-order valence-electron chi connectivity index (χ1n) is 8.62. The van der Waals surface area contributed by atoms with Gasteiger partial charge in [-0.1, -0.05) is 25.0 Å². The number of nitrogens with one attached hydrogen (secondary N) is 1. The summed E-state index contributed by atoms with van der Waals surface area (Å²) >= 11 is 0. The van der Waals surface area contributed by atoms with E-state index in [1.54, 1.807) is 16.6 Å². The van der Waals surface area contributed by atoms with Crippen LogP contribution in [0.4, 0.5) is 10.5 Å². The van der Waals surface area contributed by atoms with Gasteiger partial charge >= 0.3 is 6.03 Å². The van der Waals surface area contributed by atoms with Crippen LogP contribution in [-0.4, -0.2) is 50.0 Å². The average Bonchev–Trinajstić information content (AvgIpc) is 3.13. The van der Waals surface area contributed by atoms with Crippen LogP contribution >= 0.6 is 0 Å². The predicted molar refractivity (Wildman–Crippen MR) is 95.9 cm³/mol. The van der Waals surface area contributed by atoms with Gasteiger partial charge in [-0.05, 0) is 38.8 Å². The first kappa shape index (κ1) is 17.4. The van der Waals surface area contributed by atoms with Crippen LogP contribution in [0.2, 0.25) is 0 Å². The Hall–Kier alpha value is -2.41. The molecule has 1 aliphatic rings. The van der Waals surface area contributed by atoms with Gasteiger partial charge in [0.15, 0.2) is 0 Å². The molecule has 1 saturated carbocycles. The third-order valence-electron chi connectivity index (χ3n) is 4.66. The minimum atomic E-state index is -0.759. The van der Waals surface area contributed by atoms with Crippen molar-refractivity contribution in [2.24, 2.45) is 0 Å². The van der Waals surface area contributed by atoms with Gasteiger partial charge in [0.1, 0.15) is 11.6 Å². The maximum atomic E-state index is 12.6. The smallest absolute Gasteiger partial charge is 0.321 e. The van der Waals surface area contributed by atoms with E-state index in [9.17, 15) is 9.90 Å². The van der Waals surface area contributed by atoms with Gasteiger partial charge in [0.25, 0.3) is 0 Å². The maximum Gasteiger partial charge on any atom is 0.321 e. The molecule has 0 aliphatic heterocycles. The molecule has 2 amide bonds. The highest BCUT2D eigenvalue weighted by Gasteiger charge is 2.33. The molecule has 7 heteroatoms. The zero-order valence-corrected chi connectivity index (χ0v) is 15.0. The Balaban J connectivity index is 1.76. The van der Waals surface area contributed by atoms with Gasteiger partial charge in [-0.2, -0.15) is 5.10 Å². The van der Waals surface area contributed by atoms with E-state index in [0.29, 0.717) is 18.1 Å². The zero-order chi connectivity index (χ0) is 18.0. The molecule has 1 aromatic heterocycles. The number of anilines is 1. The molecule has 0 bridgehead atoms. The second kappa shape index (κ2) is 6.84. The summed E-state index contributed by atoms with van der Waals surface area (Å²) < 4.78 is 1.72. The lowest BCUT2D eigenvalue weighted by Gasteiger charge is -2.28. The standard InChI is InChI=1S/C18H25N5O2/c1-13-19-14(2)23(21-13)16-9-5-4-8-15(16)20-17(24)22(3)12-18(25)10-6-7-11-18/h4-5,8-9,25H,6-7,10-12H2,1-3H3,(H,20,24). The lowest BCUT2D eigenvalue weighted by atomic mass is 10.0. The molecular weight excluding hydrogens is 318 g/mol. The molecule has 1 aliphatic carbocycles. The van der Waals surface area contributed by atoms with Crippen LogP contribution in [0.25, 0.3) is 5.69 Å². The van der Waals surface area contributed by atoms with Gasteiger partial charge in [-0.25, -0.2) is 14.5 Å². The van der Waals surface area contributed by atoms with E-state index in [4.69, 9.17) is 0 Å². The van der Waals surface area contributed by atoms with Crippen LogP contribution in [0.5, 0.6) is 0 Å². The van der Waals surface area contributed by atoms with Gasteiger partial charge in [-0.15, -0.1) is 0 Å². The Morgan fingerprint density at radius 2 is 2.00 bits per heavy atom. The first-order chi connectivity index (χ1) is 11.9. The molecule has 0 spiro atoms. The molecule has 0 unspecified atom stereocenters. The molecule has 2 N–H and O–H groups in total. The van der Waals surface area contributed by atoms with Crippen molar-refractivity contribution in [3.05, 3.63) is 35.9 Å². The monoisotopic (exact) mass is 343 g/mol. The minimum Gasteiger partial charge on any atom is -0.388 e. The van der Waals surface area contributed by atoms with Crippen LogP contribution in [0.15, 0.2) is 24.3 Å². The number of aryl methyl sites for hydroxylation is 2. The Morgan fingerprint density at radius 3 is 2.64 bits per heavy atom. The third kappa shape index (κ3) is 3.82. The van der Waals surface area contributed by atoms with Crippen molar-refractivity contribution in [1.82, 2.24) is 19.7 Å². The lowest BCUT2D eigenvalue weighted by molar-refractivity contribution is 0.0262. The Kier molecular flexibility index (Phi) is 4.76. The van der Waals surface area contributed by atoms with Gasteiger partial charge in [0, 0.05) is 7.05 Å². The van der Waals surface area contributed by atoms with Gasteiger partial charge < -0.3 is 15.3 Å². The number of para-hydroxylation sites is 2. The molecule has 1 fully saturated rings. The normalized spacial score (nSPS) is 16.0. The molecule has 7 nitrogen and oxygen atoms in total. The number of amides is 2. The summed E-state index contributed by atoms with van der Waals surface area (Å²) in [6.07, 6.45) is 3.52. The van der Waals surface area contributed by atoms with Crippen LogP contribution in [-0.2, 0) is 0 Å². The van der Waals surface area contributed by atoms with Gasteiger partial charge in [0.2, 0.25) is 0 Å². The van der Waals surface area contributed by atoms with Crippen molar-refractivity contribution in [2.45, 2.75) is 45.1 Å². The summed E-state index contributed by atoms with van der Waals surface area (Å²) in [5.74, 6) is 1.44. The molecule has 134 valence electrons. The summed E-state index contributed by atoms with van der Waals surface area (Å²) in [6.45, 7) is 4.05. The van der Waals surface area contributed by atoms with E-state index in [-0.39, 0.29) is 6.03 Å². The minimum absolute atomic E-state index is 0.248. The second-order valence-electron chi connectivity index (χ2n) is 6.85.